The summed E-state index contributed by atoms with van der Waals surface area (Å²) in [5, 5.41) is 9.75. The summed E-state index contributed by atoms with van der Waals surface area (Å²) in [4.78, 5) is 12.7. The fourth-order valence-corrected chi connectivity index (χ4v) is 3.53. The van der Waals surface area contributed by atoms with Gasteiger partial charge >= 0.3 is 0 Å². The van der Waals surface area contributed by atoms with E-state index in [0.29, 0.717) is 49.3 Å². The lowest BCUT2D eigenvalue weighted by Gasteiger charge is -2.39. The highest BCUT2D eigenvalue weighted by Crippen LogP contribution is 2.45. The lowest BCUT2D eigenvalue weighted by atomic mass is 10.1. The fraction of sp³-hybridized carbons (Fsp3) is 0.733. The van der Waals surface area contributed by atoms with Crippen LogP contribution in [0.1, 0.15) is 37.4 Å². The number of aromatic nitrogens is 2. The highest BCUT2D eigenvalue weighted by Gasteiger charge is 2.45. The standard InChI is InChI=1S/C15H20F2N4O/c1-9-3-7-21(9)14-18-12-11(2-5-15(12,16)17)13(19-14)20-6-4-10(22)8-20/h9-10,22H,2-8H2,1H3/t9?,10-/m0/s1. The van der Waals surface area contributed by atoms with Crippen LogP contribution in [0.3, 0.4) is 0 Å². The Morgan fingerprint density at radius 3 is 2.64 bits per heavy atom. The Hall–Kier alpha value is -1.50. The molecule has 1 aliphatic carbocycles. The number of nitrogens with zero attached hydrogens (tertiary/aromatic N) is 4. The molecular weight excluding hydrogens is 290 g/mol. The number of anilines is 2. The molecule has 0 saturated carbocycles. The van der Waals surface area contributed by atoms with Gasteiger partial charge in [-0.25, -0.2) is 4.98 Å². The summed E-state index contributed by atoms with van der Waals surface area (Å²) in [6.45, 7) is 3.99. The second-order valence-electron chi connectivity index (χ2n) is 6.60. The smallest absolute Gasteiger partial charge is 0.290 e. The average Bonchev–Trinajstić information content (AvgIpc) is 3.01. The van der Waals surface area contributed by atoms with Crippen LogP contribution in [0.25, 0.3) is 0 Å². The van der Waals surface area contributed by atoms with Gasteiger partial charge in [0.15, 0.2) is 0 Å². The van der Waals surface area contributed by atoms with Crippen LogP contribution in [0.15, 0.2) is 0 Å². The van der Waals surface area contributed by atoms with E-state index in [0.717, 1.165) is 13.0 Å². The minimum absolute atomic E-state index is 0.104. The lowest BCUT2D eigenvalue weighted by Crippen LogP contribution is -2.47. The lowest BCUT2D eigenvalue weighted by molar-refractivity contribution is -0.00595. The van der Waals surface area contributed by atoms with Gasteiger partial charge in [0.2, 0.25) is 5.95 Å². The Morgan fingerprint density at radius 2 is 2.05 bits per heavy atom. The van der Waals surface area contributed by atoms with Gasteiger partial charge in [0.25, 0.3) is 5.92 Å². The monoisotopic (exact) mass is 310 g/mol. The van der Waals surface area contributed by atoms with Crippen molar-refractivity contribution in [1.29, 1.82) is 0 Å². The molecule has 4 rings (SSSR count). The van der Waals surface area contributed by atoms with Gasteiger partial charge in [-0.1, -0.05) is 0 Å². The van der Waals surface area contributed by atoms with Gasteiger partial charge in [-0.15, -0.1) is 0 Å². The molecule has 1 unspecified atom stereocenters. The van der Waals surface area contributed by atoms with E-state index in [4.69, 9.17) is 0 Å². The van der Waals surface area contributed by atoms with Crippen LogP contribution in [-0.4, -0.2) is 46.9 Å². The number of hydrogen-bond donors (Lipinski definition) is 1. The molecule has 120 valence electrons. The molecule has 2 fully saturated rings. The van der Waals surface area contributed by atoms with E-state index in [9.17, 15) is 13.9 Å². The second kappa shape index (κ2) is 4.75. The molecule has 2 aliphatic heterocycles. The number of fused-ring (bicyclic) bond motifs is 1. The van der Waals surface area contributed by atoms with Gasteiger partial charge in [-0.3, -0.25) is 0 Å². The summed E-state index contributed by atoms with van der Waals surface area (Å²) in [7, 11) is 0. The predicted octanol–water partition coefficient (Wildman–Crippen LogP) is 1.68. The van der Waals surface area contributed by atoms with Crippen LogP contribution in [0, 0.1) is 0 Å². The summed E-state index contributed by atoms with van der Waals surface area (Å²) in [6.07, 6.45) is 1.40. The SMILES string of the molecule is CC1CCN1c1nc(N2CC[C@H](O)C2)c2c(n1)C(F)(F)CC2. The summed E-state index contributed by atoms with van der Waals surface area (Å²) < 4.78 is 28.3. The maximum Gasteiger partial charge on any atom is 0.290 e. The maximum atomic E-state index is 14.2. The van der Waals surface area contributed by atoms with Crippen molar-refractivity contribution < 1.29 is 13.9 Å². The molecule has 5 nitrogen and oxygen atoms in total. The van der Waals surface area contributed by atoms with E-state index >= 15 is 0 Å². The Morgan fingerprint density at radius 1 is 1.23 bits per heavy atom. The minimum atomic E-state index is -2.87. The molecule has 2 atom stereocenters. The molecule has 7 heteroatoms. The van der Waals surface area contributed by atoms with Crippen molar-refractivity contribution in [2.24, 2.45) is 0 Å². The normalized spacial score (nSPS) is 29.6. The number of β-amino-alcohol motifs (C(OH)–C–C–N with tert-alkyl or cyclic N) is 1. The number of rotatable bonds is 2. The summed E-state index contributed by atoms with van der Waals surface area (Å²) in [5.41, 5.74) is 0.462. The van der Waals surface area contributed by atoms with Crippen LogP contribution >= 0.6 is 0 Å². The molecule has 1 N–H and O–H groups in total. The highest BCUT2D eigenvalue weighted by molar-refractivity contribution is 5.57. The molecule has 22 heavy (non-hydrogen) atoms. The van der Waals surface area contributed by atoms with Crippen molar-refractivity contribution in [2.45, 2.75) is 50.7 Å². The number of aliphatic hydroxyl groups is 1. The van der Waals surface area contributed by atoms with Crippen molar-refractivity contribution in [2.75, 3.05) is 29.4 Å². The van der Waals surface area contributed by atoms with Gasteiger partial charge in [0, 0.05) is 37.7 Å². The largest absolute Gasteiger partial charge is 0.391 e. The summed E-state index contributed by atoms with van der Waals surface area (Å²) in [6, 6.07) is 0.296. The molecule has 0 radical (unpaired) electrons. The highest BCUT2D eigenvalue weighted by atomic mass is 19.3. The van der Waals surface area contributed by atoms with Gasteiger partial charge in [0.05, 0.1) is 6.10 Å². The molecule has 3 heterocycles. The van der Waals surface area contributed by atoms with E-state index in [1.54, 1.807) is 0 Å². The molecule has 1 aromatic rings. The molecule has 0 spiro atoms. The zero-order valence-electron chi connectivity index (χ0n) is 12.6. The number of alkyl halides is 2. The zero-order valence-corrected chi connectivity index (χ0v) is 12.6. The van der Waals surface area contributed by atoms with Gasteiger partial charge < -0.3 is 14.9 Å². The molecular formula is C15H20F2N4O. The maximum absolute atomic E-state index is 14.2. The molecule has 0 amide bonds. The molecule has 3 aliphatic rings. The second-order valence-corrected chi connectivity index (χ2v) is 6.60. The zero-order chi connectivity index (χ0) is 15.5. The number of aliphatic hydroxyl groups excluding tert-OH is 1. The first-order chi connectivity index (χ1) is 10.5. The Kier molecular flexibility index (Phi) is 3.04. The van der Waals surface area contributed by atoms with E-state index in [-0.39, 0.29) is 12.1 Å². The molecule has 2 saturated heterocycles. The number of hydrogen-bond acceptors (Lipinski definition) is 5. The van der Waals surface area contributed by atoms with Gasteiger partial charge in [0.1, 0.15) is 11.5 Å². The van der Waals surface area contributed by atoms with Crippen LogP contribution in [0.5, 0.6) is 0 Å². The fourth-order valence-electron chi connectivity index (χ4n) is 3.53. The average molecular weight is 310 g/mol. The Labute approximate surface area is 128 Å². The van der Waals surface area contributed by atoms with Gasteiger partial charge in [-0.2, -0.15) is 13.8 Å². The molecule has 1 aromatic heterocycles. The van der Waals surface area contributed by atoms with Crippen LogP contribution in [0.2, 0.25) is 0 Å². The topological polar surface area (TPSA) is 52.5 Å². The van der Waals surface area contributed by atoms with Crippen molar-refractivity contribution in [3.05, 3.63) is 11.3 Å². The summed E-state index contributed by atoms with van der Waals surface area (Å²) in [5.74, 6) is -1.85. The Bertz CT molecular complexity index is 609. The summed E-state index contributed by atoms with van der Waals surface area (Å²) >= 11 is 0. The van der Waals surface area contributed by atoms with Gasteiger partial charge in [-0.05, 0) is 26.2 Å². The minimum Gasteiger partial charge on any atom is -0.391 e. The first-order valence-electron chi connectivity index (χ1n) is 7.94. The third-order valence-electron chi connectivity index (χ3n) is 5.05. The quantitative estimate of drug-likeness (QED) is 0.901. The van der Waals surface area contributed by atoms with E-state index in [1.165, 1.54) is 0 Å². The van der Waals surface area contributed by atoms with E-state index in [2.05, 4.69) is 16.9 Å². The van der Waals surface area contributed by atoms with Crippen molar-refractivity contribution >= 4 is 11.8 Å². The first kappa shape index (κ1) is 14.1. The van der Waals surface area contributed by atoms with E-state index < -0.39 is 12.0 Å². The van der Waals surface area contributed by atoms with Crippen molar-refractivity contribution in [3.63, 3.8) is 0 Å². The van der Waals surface area contributed by atoms with E-state index in [1.807, 2.05) is 9.80 Å². The molecule has 0 bridgehead atoms. The molecule has 0 aromatic carbocycles. The Balaban J connectivity index is 1.79. The van der Waals surface area contributed by atoms with Crippen molar-refractivity contribution in [1.82, 2.24) is 9.97 Å². The first-order valence-corrected chi connectivity index (χ1v) is 7.94. The van der Waals surface area contributed by atoms with Crippen LogP contribution in [0.4, 0.5) is 20.5 Å². The van der Waals surface area contributed by atoms with Crippen LogP contribution in [-0.2, 0) is 12.3 Å². The predicted molar refractivity (Wildman–Crippen MR) is 78.5 cm³/mol. The van der Waals surface area contributed by atoms with Crippen molar-refractivity contribution in [3.8, 4) is 0 Å². The third kappa shape index (κ3) is 2.06. The van der Waals surface area contributed by atoms with Crippen LogP contribution < -0.4 is 9.80 Å². The third-order valence-corrected chi connectivity index (χ3v) is 5.05. The number of halogens is 2.